The van der Waals surface area contributed by atoms with Crippen molar-refractivity contribution in [2.24, 2.45) is 0 Å². The number of aromatic nitrogens is 1. The van der Waals surface area contributed by atoms with E-state index >= 15 is 0 Å². The molecule has 5 heteroatoms. The zero-order chi connectivity index (χ0) is 13.8. The number of carboxylic acids is 1. The zero-order valence-corrected chi connectivity index (χ0v) is 10.8. The molecule has 0 amide bonds. The van der Waals surface area contributed by atoms with Crippen molar-refractivity contribution in [2.45, 2.75) is 6.54 Å². The average Bonchev–Trinajstić information content (AvgIpc) is 2.77. The van der Waals surface area contributed by atoms with Crippen molar-refractivity contribution in [3.63, 3.8) is 0 Å². The van der Waals surface area contributed by atoms with Gasteiger partial charge in [0, 0.05) is 6.54 Å². The Kier molecular flexibility index (Phi) is 3.75. The number of carbonyl (C=O) groups is 1. The normalized spacial score (nSPS) is 10.2. The SMILES string of the molecule is COc1cn(Cc2ccccc2)c(C(=O)O)c1OC. The summed E-state index contributed by atoms with van der Waals surface area (Å²) in [5.41, 5.74) is 1.09. The molecule has 0 fully saturated rings. The van der Waals surface area contributed by atoms with Gasteiger partial charge in [-0.2, -0.15) is 0 Å². The highest BCUT2D eigenvalue weighted by Crippen LogP contribution is 2.33. The predicted molar refractivity (Wildman–Crippen MR) is 70.0 cm³/mol. The van der Waals surface area contributed by atoms with Crippen LogP contribution in [0.2, 0.25) is 0 Å². The number of hydrogen-bond donors (Lipinski definition) is 1. The second kappa shape index (κ2) is 5.48. The van der Waals surface area contributed by atoms with Gasteiger partial charge >= 0.3 is 5.97 Å². The number of carboxylic acid groups (broad SMARTS) is 1. The minimum absolute atomic E-state index is 0.0863. The zero-order valence-electron chi connectivity index (χ0n) is 10.8. The van der Waals surface area contributed by atoms with Crippen LogP contribution in [0.25, 0.3) is 0 Å². The molecule has 100 valence electrons. The third-order valence-corrected chi connectivity index (χ3v) is 2.82. The second-order valence-electron chi connectivity index (χ2n) is 4.00. The molecule has 2 rings (SSSR count). The van der Waals surface area contributed by atoms with Crippen LogP contribution in [0.3, 0.4) is 0 Å². The summed E-state index contributed by atoms with van der Waals surface area (Å²) in [6.07, 6.45) is 1.63. The van der Waals surface area contributed by atoms with E-state index in [1.165, 1.54) is 14.2 Å². The van der Waals surface area contributed by atoms with Gasteiger partial charge in [-0.3, -0.25) is 0 Å². The Balaban J connectivity index is 2.45. The number of methoxy groups -OCH3 is 2. The Morgan fingerprint density at radius 1 is 1.21 bits per heavy atom. The molecule has 2 aromatic rings. The molecule has 0 saturated heterocycles. The molecule has 0 atom stereocenters. The van der Waals surface area contributed by atoms with Gasteiger partial charge in [-0.15, -0.1) is 0 Å². The predicted octanol–water partition coefficient (Wildman–Crippen LogP) is 2.25. The van der Waals surface area contributed by atoms with Crippen LogP contribution in [0.5, 0.6) is 11.5 Å². The molecule has 0 spiro atoms. The van der Waals surface area contributed by atoms with Gasteiger partial charge in [0.2, 0.25) is 0 Å². The molecule has 1 heterocycles. The van der Waals surface area contributed by atoms with Crippen LogP contribution in [-0.2, 0) is 6.54 Å². The van der Waals surface area contributed by atoms with Gasteiger partial charge in [0.1, 0.15) is 0 Å². The Hall–Kier alpha value is -2.43. The number of rotatable bonds is 5. The molecule has 0 aliphatic heterocycles. The number of benzene rings is 1. The maximum atomic E-state index is 11.4. The van der Waals surface area contributed by atoms with Crippen LogP contribution in [0.15, 0.2) is 36.5 Å². The first-order valence-electron chi connectivity index (χ1n) is 5.75. The van der Waals surface area contributed by atoms with E-state index in [0.717, 1.165) is 5.56 Å². The third kappa shape index (κ3) is 2.54. The van der Waals surface area contributed by atoms with Crippen molar-refractivity contribution in [3.05, 3.63) is 47.8 Å². The lowest BCUT2D eigenvalue weighted by molar-refractivity contribution is 0.0681. The number of hydrogen-bond acceptors (Lipinski definition) is 3. The van der Waals surface area contributed by atoms with Crippen molar-refractivity contribution >= 4 is 5.97 Å². The van der Waals surface area contributed by atoms with Gasteiger partial charge in [-0.25, -0.2) is 4.79 Å². The minimum atomic E-state index is -1.05. The summed E-state index contributed by atoms with van der Waals surface area (Å²) in [7, 11) is 2.91. The summed E-state index contributed by atoms with van der Waals surface area (Å²) in [5.74, 6) is -0.391. The average molecular weight is 261 g/mol. The quantitative estimate of drug-likeness (QED) is 0.896. The molecule has 0 bridgehead atoms. The molecule has 0 unspecified atom stereocenters. The maximum Gasteiger partial charge on any atom is 0.356 e. The highest BCUT2D eigenvalue weighted by atomic mass is 16.5. The van der Waals surface area contributed by atoms with Crippen molar-refractivity contribution in [1.82, 2.24) is 4.57 Å². The number of ether oxygens (including phenoxy) is 2. The first-order chi connectivity index (χ1) is 9.17. The largest absolute Gasteiger partial charge is 0.491 e. The van der Waals surface area contributed by atoms with Crippen molar-refractivity contribution in [3.8, 4) is 11.5 Å². The third-order valence-electron chi connectivity index (χ3n) is 2.82. The summed E-state index contributed by atoms with van der Waals surface area (Å²) in [6.45, 7) is 0.447. The van der Waals surface area contributed by atoms with E-state index in [4.69, 9.17) is 9.47 Å². The molecule has 0 radical (unpaired) electrons. The highest BCUT2D eigenvalue weighted by Gasteiger charge is 2.23. The molecule has 19 heavy (non-hydrogen) atoms. The van der Waals surface area contributed by atoms with Crippen molar-refractivity contribution in [2.75, 3.05) is 14.2 Å². The van der Waals surface area contributed by atoms with Gasteiger partial charge < -0.3 is 19.1 Å². The van der Waals surface area contributed by atoms with Crippen molar-refractivity contribution < 1.29 is 19.4 Å². The topological polar surface area (TPSA) is 60.7 Å². The van der Waals surface area contributed by atoms with Crippen molar-refractivity contribution in [1.29, 1.82) is 0 Å². The number of nitrogens with zero attached hydrogens (tertiary/aromatic N) is 1. The van der Waals surface area contributed by atoms with E-state index in [1.54, 1.807) is 10.8 Å². The molecule has 0 aliphatic rings. The summed E-state index contributed by atoms with van der Waals surface area (Å²) in [5, 5.41) is 9.31. The van der Waals surface area contributed by atoms with Gasteiger partial charge in [-0.05, 0) is 5.56 Å². The fourth-order valence-corrected chi connectivity index (χ4v) is 1.98. The summed E-state index contributed by atoms with van der Waals surface area (Å²) < 4.78 is 11.9. The molecule has 0 aliphatic carbocycles. The van der Waals surface area contributed by atoms with E-state index in [0.29, 0.717) is 12.3 Å². The molecular weight excluding hydrogens is 246 g/mol. The Labute approximate surface area is 111 Å². The lowest BCUT2D eigenvalue weighted by atomic mass is 10.2. The van der Waals surface area contributed by atoms with E-state index in [-0.39, 0.29) is 11.4 Å². The molecule has 1 N–H and O–H groups in total. The van der Waals surface area contributed by atoms with Crippen LogP contribution in [-0.4, -0.2) is 29.9 Å². The van der Waals surface area contributed by atoms with E-state index in [1.807, 2.05) is 30.3 Å². The Bertz CT molecular complexity index is 575. The van der Waals surface area contributed by atoms with Gasteiger partial charge in [0.15, 0.2) is 17.2 Å². The lowest BCUT2D eigenvalue weighted by Gasteiger charge is -2.06. The fourth-order valence-electron chi connectivity index (χ4n) is 1.98. The highest BCUT2D eigenvalue weighted by molar-refractivity contribution is 5.90. The lowest BCUT2D eigenvalue weighted by Crippen LogP contribution is -2.09. The number of aromatic carboxylic acids is 1. The molecular formula is C14H15NO4. The molecule has 0 saturated carbocycles. The van der Waals surface area contributed by atoms with Crippen LogP contribution >= 0.6 is 0 Å². The monoisotopic (exact) mass is 261 g/mol. The second-order valence-corrected chi connectivity index (χ2v) is 4.00. The van der Waals surface area contributed by atoms with Gasteiger partial charge in [0.25, 0.3) is 0 Å². The van der Waals surface area contributed by atoms with E-state index in [2.05, 4.69) is 0 Å². The standard InChI is InChI=1S/C14H15NO4/c1-18-11-9-15(8-10-6-4-3-5-7-10)12(14(16)17)13(11)19-2/h3-7,9H,8H2,1-2H3,(H,16,17). The van der Waals surface area contributed by atoms with Crippen LogP contribution < -0.4 is 9.47 Å². The first kappa shape index (κ1) is 13.0. The van der Waals surface area contributed by atoms with Crippen LogP contribution in [0, 0.1) is 0 Å². The summed E-state index contributed by atoms with van der Waals surface area (Å²) >= 11 is 0. The fraction of sp³-hybridized carbons (Fsp3) is 0.214. The van der Waals surface area contributed by atoms with Gasteiger partial charge in [0.05, 0.1) is 20.4 Å². The van der Waals surface area contributed by atoms with Gasteiger partial charge in [-0.1, -0.05) is 30.3 Å². The molecule has 5 nitrogen and oxygen atoms in total. The minimum Gasteiger partial charge on any atom is -0.491 e. The first-order valence-corrected chi connectivity index (χ1v) is 5.75. The molecule has 1 aromatic carbocycles. The van der Waals surface area contributed by atoms with Crippen LogP contribution in [0.4, 0.5) is 0 Å². The Morgan fingerprint density at radius 2 is 1.89 bits per heavy atom. The van der Waals surface area contributed by atoms with E-state index in [9.17, 15) is 9.90 Å². The van der Waals surface area contributed by atoms with Crippen LogP contribution in [0.1, 0.15) is 16.1 Å². The summed E-state index contributed by atoms with van der Waals surface area (Å²) in [6, 6.07) is 9.61. The Morgan fingerprint density at radius 3 is 2.42 bits per heavy atom. The maximum absolute atomic E-state index is 11.4. The van der Waals surface area contributed by atoms with E-state index < -0.39 is 5.97 Å². The molecule has 1 aromatic heterocycles. The smallest absolute Gasteiger partial charge is 0.356 e. The summed E-state index contributed by atoms with van der Waals surface area (Å²) in [4.78, 5) is 11.4.